The Morgan fingerprint density at radius 3 is 2.36 bits per heavy atom. The second-order valence-corrected chi connectivity index (χ2v) is 3.65. The van der Waals surface area contributed by atoms with Gasteiger partial charge >= 0.3 is 0 Å². The van der Waals surface area contributed by atoms with E-state index >= 15 is 0 Å². The van der Waals surface area contributed by atoms with Gasteiger partial charge in [-0.2, -0.15) is 0 Å². The molecule has 0 aliphatic heterocycles. The maximum absolute atomic E-state index is 5.82. The molecule has 1 aromatic heterocycles. The molecule has 0 aliphatic carbocycles. The van der Waals surface area contributed by atoms with E-state index in [9.17, 15) is 0 Å². The van der Waals surface area contributed by atoms with E-state index in [2.05, 4.69) is 23.8 Å². The smallest absolute Gasteiger partial charge is 0.112 e. The summed E-state index contributed by atoms with van der Waals surface area (Å²) in [6.45, 7) is 4.28. The van der Waals surface area contributed by atoms with Crippen LogP contribution >= 0.6 is 0 Å². The first-order valence-electron chi connectivity index (χ1n) is 4.69. The van der Waals surface area contributed by atoms with Crippen LogP contribution in [0.3, 0.4) is 0 Å². The number of benzene rings is 1. The van der Waals surface area contributed by atoms with E-state index in [0.29, 0.717) is 11.6 Å². The first-order chi connectivity index (χ1) is 6.70. The van der Waals surface area contributed by atoms with Gasteiger partial charge in [-0.3, -0.25) is 9.97 Å². The van der Waals surface area contributed by atoms with Crippen molar-refractivity contribution in [3.8, 4) is 0 Å². The number of fused-ring (bicyclic) bond motifs is 1. The minimum atomic E-state index is 0.440. The number of nitrogen functional groups attached to an aromatic ring is 1. The molecule has 0 amide bonds. The third-order valence-corrected chi connectivity index (χ3v) is 2.31. The maximum atomic E-state index is 5.82. The molecule has 0 aliphatic rings. The van der Waals surface area contributed by atoms with Crippen molar-refractivity contribution < 1.29 is 0 Å². The van der Waals surface area contributed by atoms with Gasteiger partial charge in [0.05, 0.1) is 11.2 Å². The molecule has 2 N–H and O–H groups in total. The van der Waals surface area contributed by atoms with E-state index in [1.807, 2.05) is 12.1 Å². The van der Waals surface area contributed by atoms with Gasteiger partial charge in [0.15, 0.2) is 0 Å². The summed E-state index contributed by atoms with van der Waals surface area (Å²) >= 11 is 0. The number of nitrogens with two attached hydrogens (primary N) is 1. The van der Waals surface area contributed by atoms with Crippen molar-refractivity contribution in [1.29, 1.82) is 0 Å². The van der Waals surface area contributed by atoms with Crippen LogP contribution in [0, 0.1) is 0 Å². The van der Waals surface area contributed by atoms with Gasteiger partial charge in [0, 0.05) is 12.4 Å². The zero-order valence-corrected chi connectivity index (χ0v) is 8.36. The Labute approximate surface area is 83.0 Å². The zero-order valence-electron chi connectivity index (χ0n) is 8.36. The Balaban J connectivity index is 2.82. The van der Waals surface area contributed by atoms with Crippen LogP contribution in [-0.4, -0.2) is 9.97 Å². The molecule has 0 unspecified atom stereocenters. The van der Waals surface area contributed by atoms with Gasteiger partial charge < -0.3 is 5.73 Å². The topological polar surface area (TPSA) is 51.8 Å². The summed E-state index contributed by atoms with van der Waals surface area (Å²) < 4.78 is 0. The Bertz CT molecular complexity index is 463. The van der Waals surface area contributed by atoms with Crippen LogP contribution in [0.1, 0.15) is 25.3 Å². The molecule has 3 heteroatoms. The van der Waals surface area contributed by atoms with E-state index < -0.39 is 0 Å². The van der Waals surface area contributed by atoms with Crippen LogP contribution in [0.2, 0.25) is 0 Å². The van der Waals surface area contributed by atoms with Gasteiger partial charge in [-0.15, -0.1) is 0 Å². The number of nitrogens with zero attached hydrogens (tertiary/aromatic N) is 2. The third-order valence-electron chi connectivity index (χ3n) is 2.31. The highest BCUT2D eigenvalue weighted by Crippen LogP contribution is 2.25. The van der Waals surface area contributed by atoms with Crippen molar-refractivity contribution in [1.82, 2.24) is 9.97 Å². The minimum Gasteiger partial charge on any atom is -0.397 e. The molecule has 0 bridgehead atoms. The largest absolute Gasteiger partial charge is 0.397 e. The summed E-state index contributed by atoms with van der Waals surface area (Å²) in [4.78, 5) is 8.56. The van der Waals surface area contributed by atoms with E-state index in [-0.39, 0.29) is 0 Å². The van der Waals surface area contributed by atoms with E-state index in [0.717, 1.165) is 11.0 Å². The standard InChI is InChI=1S/C11H13N3/c1-7(2)8-3-4-9(12)11-10(8)13-5-6-14-11/h3-7H,12H2,1-2H3. The van der Waals surface area contributed by atoms with Crippen LogP contribution in [-0.2, 0) is 0 Å². The highest BCUT2D eigenvalue weighted by Gasteiger charge is 2.08. The molecule has 2 aromatic rings. The average molecular weight is 187 g/mol. The van der Waals surface area contributed by atoms with Crippen molar-refractivity contribution >= 4 is 16.7 Å². The summed E-state index contributed by atoms with van der Waals surface area (Å²) in [5.74, 6) is 0.440. The quantitative estimate of drug-likeness (QED) is 0.697. The average Bonchev–Trinajstić information content (AvgIpc) is 2.18. The highest BCUT2D eigenvalue weighted by molar-refractivity contribution is 5.88. The molecule has 0 saturated carbocycles. The molecule has 1 heterocycles. The fraction of sp³-hybridized carbons (Fsp3) is 0.273. The molecule has 0 spiro atoms. The zero-order chi connectivity index (χ0) is 10.1. The first kappa shape index (κ1) is 8.94. The number of hydrogen-bond acceptors (Lipinski definition) is 3. The highest BCUT2D eigenvalue weighted by atomic mass is 14.8. The normalized spacial score (nSPS) is 11.1. The lowest BCUT2D eigenvalue weighted by Gasteiger charge is -2.09. The van der Waals surface area contributed by atoms with Crippen molar-refractivity contribution in [2.45, 2.75) is 19.8 Å². The number of rotatable bonds is 1. The Morgan fingerprint density at radius 2 is 1.71 bits per heavy atom. The number of aromatic nitrogens is 2. The number of hydrogen-bond donors (Lipinski definition) is 1. The molecule has 0 fully saturated rings. The van der Waals surface area contributed by atoms with Gasteiger partial charge in [-0.05, 0) is 17.5 Å². The Morgan fingerprint density at radius 1 is 1.07 bits per heavy atom. The van der Waals surface area contributed by atoms with Gasteiger partial charge in [0.1, 0.15) is 5.52 Å². The van der Waals surface area contributed by atoms with Gasteiger partial charge in [-0.25, -0.2) is 0 Å². The molecule has 14 heavy (non-hydrogen) atoms. The second-order valence-electron chi connectivity index (χ2n) is 3.65. The molecule has 0 radical (unpaired) electrons. The molecule has 2 rings (SSSR count). The third kappa shape index (κ3) is 1.31. The van der Waals surface area contributed by atoms with Crippen molar-refractivity contribution in [3.05, 3.63) is 30.1 Å². The van der Waals surface area contributed by atoms with Crippen molar-refractivity contribution in [2.75, 3.05) is 5.73 Å². The molecule has 0 saturated heterocycles. The SMILES string of the molecule is CC(C)c1ccc(N)c2nccnc12. The predicted molar refractivity (Wildman–Crippen MR) is 58.0 cm³/mol. The lowest BCUT2D eigenvalue weighted by molar-refractivity contribution is 0.872. The molecule has 1 aromatic carbocycles. The van der Waals surface area contributed by atoms with Crippen LogP contribution in [0.25, 0.3) is 11.0 Å². The predicted octanol–water partition coefficient (Wildman–Crippen LogP) is 2.34. The lowest BCUT2D eigenvalue weighted by Crippen LogP contribution is -1.96. The van der Waals surface area contributed by atoms with Crippen molar-refractivity contribution in [2.24, 2.45) is 0 Å². The first-order valence-corrected chi connectivity index (χ1v) is 4.69. The van der Waals surface area contributed by atoms with Crippen LogP contribution in [0.4, 0.5) is 5.69 Å². The van der Waals surface area contributed by atoms with Crippen LogP contribution in [0.15, 0.2) is 24.5 Å². The molecule has 0 atom stereocenters. The fourth-order valence-electron chi connectivity index (χ4n) is 1.56. The summed E-state index contributed by atoms with van der Waals surface area (Å²) in [5, 5.41) is 0. The molecule has 72 valence electrons. The van der Waals surface area contributed by atoms with Crippen molar-refractivity contribution in [3.63, 3.8) is 0 Å². The van der Waals surface area contributed by atoms with E-state index in [4.69, 9.17) is 5.73 Å². The maximum Gasteiger partial charge on any atom is 0.112 e. The number of anilines is 1. The van der Waals surface area contributed by atoms with E-state index in [1.54, 1.807) is 12.4 Å². The van der Waals surface area contributed by atoms with Crippen LogP contribution < -0.4 is 5.73 Å². The summed E-state index contributed by atoms with van der Waals surface area (Å²) in [7, 11) is 0. The monoisotopic (exact) mass is 187 g/mol. The molecule has 3 nitrogen and oxygen atoms in total. The Hall–Kier alpha value is -1.64. The second kappa shape index (κ2) is 3.25. The fourth-order valence-corrected chi connectivity index (χ4v) is 1.56. The van der Waals surface area contributed by atoms with E-state index in [1.165, 1.54) is 5.56 Å². The summed E-state index contributed by atoms with van der Waals surface area (Å²) in [5.41, 5.74) is 9.43. The van der Waals surface area contributed by atoms with Gasteiger partial charge in [0.25, 0.3) is 0 Å². The lowest BCUT2D eigenvalue weighted by atomic mass is 10.0. The minimum absolute atomic E-state index is 0.440. The molecular formula is C11H13N3. The van der Waals surface area contributed by atoms with Crippen LogP contribution in [0.5, 0.6) is 0 Å². The summed E-state index contributed by atoms with van der Waals surface area (Å²) in [6.07, 6.45) is 3.37. The summed E-state index contributed by atoms with van der Waals surface area (Å²) in [6, 6.07) is 3.92. The van der Waals surface area contributed by atoms with Gasteiger partial charge in [0.2, 0.25) is 0 Å². The van der Waals surface area contributed by atoms with Gasteiger partial charge in [-0.1, -0.05) is 19.9 Å². The molecular weight excluding hydrogens is 174 g/mol. The Kier molecular flexibility index (Phi) is 2.08.